The summed E-state index contributed by atoms with van der Waals surface area (Å²) in [5, 5.41) is 11.1. The number of aromatic amines is 1. The molecule has 0 amide bonds. The summed E-state index contributed by atoms with van der Waals surface area (Å²) < 4.78 is 2.89. The van der Waals surface area contributed by atoms with E-state index in [1.807, 2.05) is 30.3 Å². The molecule has 0 aliphatic rings. The maximum Gasteiger partial charge on any atom is 0.334 e. The zero-order valence-electron chi connectivity index (χ0n) is 13.9. The fourth-order valence-corrected chi connectivity index (χ4v) is 2.96. The maximum atomic E-state index is 12.5. The van der Waals surface area contributed by atoms with E-state index in [0.717, 1.165) is 5.56 Å². The molecule has 4 aromatic rings. The van der Waals surface area contributed by atoms with E-state index in [9.17, 15) is 19.7 Å². The molecule has 0 atom stereocenters. The zero-order valence-corrected chi connectivity index (χ0v) is 13.9. The molecule has 2 aromatic heterocycles. The maximum absolute atomic E-state index is 12.5. The highest BCUT2D eigenvalue weighted by molar-refractivity contribution is 5.72. The molecule has 0 bridgehead atoms. The fourth-order valence-electron chi connectivity index (χ4n) is 2.96. The summed E-state index contributed by atoms with van der Waals surface area (Å²) in [4.78, 5) is 41.6. The molecule has 0 fully saturated rings. The van der Waals surface area contributed by atoms with Gasteiger partial charge in [-0.25, -0.2) is 14.3 Å². The molecule has 0 saturated carbocycles. The third-order valence-electron chi connectivity index (χ3n) is 4.16. The Labute approximate surface area is 151 Å². The Morgan fingerprint density at radius 1 is 1.07 bits per heavy atom. The van der Waals surface area contributed by atoms with Crippen LogP contribution in [0.5, 0.6) is 0 Å². The molecule has 1 N–H and O–H groups in total. The van der Waals surface area contributed by atoms with E-state index in [0.29, 0.717) is 6.54 Å². The number of aromatic nitrogens is 4. The second-order valence-corrected chi connectivity index (χ2v) is 5.90. The highest BCUT2D eigenvalue weighted by Crippen LogP contribution is 2.19. The number of nitrogens with zero attached hydrogens (tertiary/aromatic N) is 4. The van der Waals surface area contributed by atoms with E-state index in [1.165, 1.54) is 29.1 Å². The van der Waals surface area contributed by atoms with Crippen molar-refractivity contribution >= 4 is 16.9 Å². The van der Waals surface area contributed by atoms with Crippen molar-refractivity contribution in [2.45, 2.75) is 6.54 Å². The third-order valence-corrected chi connectivity index (χ3v) is 4.16. The van der Waals surface area contributed by atoms with Crippen LogP contribution in [0, 0.1) is 10.1 Å². The highest BCUT2D eigenvalue weighted by atomic mass is 16.6. The third kappa shape index (κ3) is 2.91. The van der Waals surface area contributed by atoms with Crippen molar-refractivity contribution in [2.24, 2.45) is 0 Å². The molecule has 27 heavy (non-hydrogen) atoms. The molecule has 0 unspecified atom stereocenters. The molecule has 2 aromatic carbocycles. The van der Waals surface area contributed by atoms with Crippen LogP contribution in [0.1, 0.15) is 5.56 Å². The molecule has 9 nitrogen and oxygen atoms in total. The zero-order chi connectivity index (χ0) is 19.0. The van der Waals surface area contributed by atoms with Crippen molar-refractivity contribution in [1.82, 2.24) is 19.1 Å². The van der Waals surface area contributed by atoms with Crippen LogP contribution in [0.25, 0.3) is 16.9 Å². The van der Waals surface area contributed by atoms with Gasteiger partial charge in [0.2, 0.25) is 0 Å². The number of hydrogen-bond donors (Lipinski definition) is 1. The van der Waals surface area contributed by atoms with Crippen molar-refractivity contribution in [3.63, 3.8) is 0 Å². The smallest absolute Gasteiger partial charge is 0.312 e. The largest absolute Gasteiger partial charge is 0.334 e. The lowest BCUT2D eigenvalue weighted by Gasteiger charge is -2.11. The molecule has 9 heteroatoms. The molecule has 0 radical (unpaired) electrons. The average molecular weight is 363 g/mol. The van der Waals surface area contributed by atoms with Crippen LogP contribution in [0.3, 0.4) is 0 Å². The van der Waals surface area contributed by atoms with E-state index >= 15 is 0 Å². The summed E-state index contributed by atoms with van der Waals surface area (Å²) in [5.74, 6) is 0. The topological polar surface area (TPSA) is 116 Å². The van der Waals surface area contributed by atoms with Gasteiger partial charge in [-0.3, -0.25) is 19.9 Å². The van der Waals surface area contributed by atoms with Gasteiger partial charge in [0.25, 0.3) is 11.2 Å². The molecular weight excluding hydrogens is 350 g/mol. The Kier molecular flexibility index (Phi) is 3.88. The fraction of sp³-hybridized carbons (Fsp3) is 0.0556. The normalized spacial score (nSPS) is 11.0. The molecule has 4 rings (SSSR count). The number of rotatable bonds is 4. The van der Waals surface area contributed by atoms with Crippen LogP contribution in [0.2, 0.25) is 0 Å². The van der Waals surface area contributed by atoms with Crippen LogP contribution in [-0.4, -0.2) is 24.0 Å². The average Bonchev–Trinajstić information content (AvgIpc) is 3.07. The van der Waals surface area contributed by atoms with Crippen LogP contribution in [-0.2, 0) is 6.54 Å². The van der Waals surface area contributed by atoms with Crippen LogP contribution in [0.4, 0.5) is 5.69 Å². The number of nitro benzene ring substituents is 1. The van der Waals surface area contributed by atoms with Gasteiger partial charge in [0.15, 0.2) is 11.2 Å². The van der Waals surface area contributed by atoms with Crippen molar-refractivity contribution in [2.75, 3.05) is 0 Å². The number of nitrogens with one attached hydrogen (secondary N) is 1. The predicted molar refractivity (Wildman–Crippen MR) is 98.1 cm³/mol. The van der Waals surface area contributed by atoms with Crippen LogP contribution in [0.15, 0.2) is 70.5 Å². The minimum absolute atomic E-state index is 0.0806. The number of benzene rings is 2. The molecule has 0 spiro atoms. The monoisotopic (exact) mass is 363 g/mol. The van der Waals surface area contributed by atoms with Crippen LogP contribution >= 0.6 is 0 Å². The lowest BCUT2D eigenvalue weighted by atomic mass is 10.2. The van der Waals surface area contributed by atoms with Crippen molar-refractivity contribution < 1.29 is 4.92 Å². The quantitative estimate of drug-likeness (QED) is 0.439. The first-order valence-electron chi connectivity index (χ1n) is 8.03. The minimum Gasteiger partial charge on any atom is -0.312 e. The molecular formula is C18H13N5O4. The summed E-state index contributed by atoms with van der Waals surface area (Å²) >= 11 is 0. The van der Waals surface area contributed by atoms with Gasteiger partial charge in [-0.2, -0.15) is 0 Å². The number of non-ortho nitro benzene ring substituents is 1. The van der Waals surface area contributed by atoms with E-state index < -0.39 is 16.2 Å². The molecule has 134 valence electrons. The number of hydrogen-bond acceptors (Lipinski definition) is 5. The van der Waals surface area contributed by atoms with Gasteiger partial charge in [0.05, 0.1) is 23.5 Å². The predicted octanol–water partition coefficient (Wildman–Crippen LogP) is 1.83. The molecule has 0 aliphatic carbocycles. The number of fused-ring (bicyclic) bond motifs is 1. The lowest BCUT2D eigenvalue weighted by Crippen LogP contribution is -2.30. The second-order valence-electron chi connectivity index (χ2n) is 5.90. The van der Waals surface area contributed by atoms with Crippen LogP contribution < -0.4 is 11.2 Å². The van der Waals surface area contributed by atoms with Crippen molar-refractivity contribution in [3.05, 3.63) is 97.4 Å². The highest BCUT2D eigenvalue weighted by Gasteiger charge is 2.17. The Balaban J connectivity index is 1.99. The van der Waals surface area contributed by atoms with Gasteiger partial charge in [-0.05, 0) is 11.6 Å². The summed E-state index contributed by atoms with van der Waals surface area (Å²) in [6.07, 6.45) is 1.47. The van der Waals surface area contributed by atoms with Crippen molar-refractivity contribution in [1.29, 1.82) is 0 Å². The SMILES string of the molecule is O=c1[nH]c(=O)n(-c2cccc([N+](=O)[O-])c2)c2c1ncn2Cc1ccccc1. The lowest BCUT2D eigenvalue weighted by molar-refractivity contribution is -0.384. The van der Waals surface area contributed by atoms with Gasteiger partial charge in [-0.1, -0.05) is 36.4 Å². The Morgan fingerprint density at radius 3 is 2.59 bits per heavy atom. The minimum atomic E-state index is -0.692. The summed E-state index contributed by atoms with van der Waals surface area (Å²) in [5.41, 5.74) is 0.115. The Morgan fingerprint density at radius 2 is 1.85 bits per heavy atom. The molecule has 0 saturated heterocycles. The van der Waals surface area contributed by atoms with Gasteiger partial charge >= 0.3 is 5.69 Å². The van der Waals surface area contributed by atoms with Gasteiger partial charge in [0, 0.05) is 12.1 Å². The number of imidazole rings is 1. The Hall–Kier alpha value is -4.01. The standard InChI is InChI=1S/C18H13N5O4/c24-16-15-17(21(11-19-15)10-12-5-2-1-3-6-12)22(18(25)20-16)13-7-4-8-14(9-13)23(26)27/h1-9,11H,10H2,(H,20,24,25). The van der Waals surface area contributed by atoms with E-state index in [4.69, 9.17) is 0 Å². The molecule has 2 heterocycles. The van der Waals surface area contributed by atoms with Crippen molar-refractivity contribution in [3.8, 4) is 5.69 Å². The van der Waals surface area contributed by atoms with Gasteiger partial charge < -0.3 is 4.57 Å². The van der Waals surface area contributed by atoms with Gasteiger partial charge in [-0.15, -0.1) is 0 Å². The van der Waals surface area contributed by atoms with E-state index in [1.54, 1.807) is 10.6 Å². The first kappa shape index (κ1) is 16.5. The molecule has 0 aliphatic heterocycles. The first-order valence-corrected chi connectivity index (χ1v) is 8.03. The first-order chi connectivity index (χ1) is 13.0. The number of nitro groups is 1. The summed E-state index contributed by atoms with van der Waals surface area (Å²) in [6.45, 7) is 0.384. The summed E-state index contributed by atoms with van der Waals surface area (Å²) in [7, 11) is 0. The van der Waals surface area contributed by atoms with Gasteiger partial charge in [0.1, 0.15) is 0 Å². The second kappa shape index (κ2) is 6.37. The van der Waals surface area contributed by atoms with E-state index in [-0.39, 0.29) is 22.5 Å². The summed E-state index contributed by atoms with van der Waals surface area (Å²) in [6, 6.07) is 15.1. The number of H-pyrrole nitrogens is 1. The van der Waals surface area contributed by atoms with E-state index in [2.05, 4.69) is 9.97 Å². The Bertz CT molecular complexity index is 1270.